The average Bonchev–Trinajstić information content (AvgIpc) is 3.37. The van der Waals surface area contributed by atoms with Crippen molar-refractivity contribution in [3.8, 4) is 17.2 Å². The molecule has 70 heavy (non-hydrogen) atoms. The Morgan fingerprint density at radius 3 is 2.27 bits per heavy atom. The highest BCUT2D eigenvalue weighted by molar-refractivity contribution is 6.03. The van der Waals surface area contributed by atoms with Gasteiger partial charge in [0.15, 0.2) is 0 Å². The fourth-order valence-corrected chi connectivity index (χ4v) is 11.1. The summed E-state index contributed by atoms with van der Waals surface area (Å²) in [7, 11) is 0. The Hall–Kier alpha value is -3.98. The molecule has 0 aromatic heterocycles. The number of rotatable bonds is 32. The quantitative estimate of drug-likeness (QED) is 0.0364. The number of aliphatic hydroxyl groups excluding tert-OH is 3. The molecular weight excluding hydrogens is 889 g/mol. The smallest absolute Gasteiger partial charge is 0.410 e. The van der Waals surface area contributed by atoms with Gasteiger partial charge in [0.2, 0.25) is 12.1 Å². The fraction of sp³-hybridized carbons (Fsp3) is 0.684. The third-order valence-electron chi connectivity index (χ3n) is 14.8. The van der Waals surface area contributed by atoms with Crippen LogP contribution in [0.5, 0.6) is 17.2 Å². The van der Waals surface area contributed by atoms with Crippen LogP contribution < -0.4 is 9.47 Å². The van der Waals surface area contributed by atoms with Crippen molar-refractivity contribution in [2.75, 3.05) is 59.4 Å². The Bertz CT molecular complexity index is 1950. The summed E-state index contributed by atoms with van der Waals surface area (Å²) in [6.07, 6.45) is 22.2. The number of hydrogen-bond acceptors (Lipinski definition) is 12. The molecular formula is C57H86N2O11. The van der Waals surface area contributed by atoms with Gasteiger partial charge in [0.25, 0.3) is 0 Å². The SMILES string of the molecule is C=CCOC12Oc3ccc(Oc4ccc(C)c(C)c4)cc3C3C(CCCCO)C(CCCCO)C=C(C(=NOC4CCCCO4)CC1N(CCOCCO)C(=O)OCCCCCCCCCCCC)C32. The van der Waals surface area contributed by atoms with E-state index >= 15 is 0 Å². The number of aliphatic hydroxyl groups is 3. The summed E-state index contributed by atoms with van der Waals surface area (Å²) in [6.45, 7) is 11.9. The predicted octanol–water partition coefficient (Wildman–Crippen LogP) is 11.6. The number of carbonyl (C=O) groups is 1. The first-order chi connectivity index (χ1) is 34.3. The van der Waals surface area contributed by atoms with Gasteiger partial charge in [-0.15, -0.1) is 6.58 Å². The molecule has 2 aromatic carbocycles. The molecule has 2 heterocycles. The number of aryl methyl sites for hydroxylation is 2. The van der Waals surface area contributed by atoms with E-state index in [2.05, 4.69) is 51.6 Å². The second kappa shape index (κ2) is 29.5. The summed E-state index contributed by atoms with van der Waals surface area (Å²) in [5.74, 6) is -0.0611. The van der Waals surface area contributed by atoms with Gasteiger partial charge in [-0.05, 0) is 118 Å². The number of ether oxygens (including phenoxy) is 6. The van der Waals surface area contributed by atoms with E-state index in [0.717, 1.165) is 80.2 Å². The molecule has 2 aromatic rings. The lowest BCUT2D eigenvalue weighted by atomic mass is 9.55. The molecule has 0 spiro atoms. The Balaban J connectivity index is 1.45. The van der Waals surface area contributed by atoms with Crippen LogP contribution in [0.25, 0.3) is 0 Å². The zero-order valence-corrected chi connectivity index (χ0v) is 42.8. The van der Waals surface area contributed by atoms with E-state index in [4.69, 9.17) is 38.4 Å². The van der Waals surface area contributed by atoms with Crippen molar-refractivity contribution < 1.29 is 53.4 Å². The molecule has 7 unspecified atom stereocenters. The molecule has 2 aliphatic carbocycles. The number of amides is 1. The minimum atomic E-state index is -1.47. The number of unbranched alkanes of at least 4 members (excludes halogenated alkanes) is 11. The van der Waals surface area contributed by atoms with Gasteiger partial charge >= 0.3 is 6.09 Å². The lowest BCUT2D eigenvalue weighted by molar-refractivity contribution is -0.256. The summed E-state index contributed by atoms with van der Waals surface area (Å²) >= 11 is 0. The number of fused-ring (bicyclic) bond motifs is 2. The summed E-state index contributed by atoms with van der Waals surface area (Å²) in [5, 5.41) is 34.8. The molecule has 0 radical (unpaired) electrons. The molecule has 1 amide bonds. The minimum absolute atomic E-state index is 0.0393. The maximum absolute atomic E-state index is 14.9. The Kier molecular flexibility index (Phi) is 23.3. The van der Waals surface area contributed by atoms with Crippen LogP contribution in [0.1, 0.15) is 158 Å². The van der Waals surface area contributed by atoms with Gasteiger partial charge < -0.3 is 48.6 Å². The standard InChI is InChI=1S/C57H86N2O11/c1-5-7-8-9-10-11-12-13-14-20-35-66-56(63)59(29-36-64-37-32-62)52-41-50(58-70-53-24-17-21-34-65-53)48-39-44(22-15-18-30-60)47(23-16-19-31-61)54-49-40-46(68-45-26-25-42(3)43(4)38-45)27-28-51(49)69-57(52,55(48)54)67-33-6-2/h6,25-28,38-40,44,47,52-55,60-62H,2,5,7-24,29-37,41H2,1,3-4H3. The molecule has 13 heteroatoms. The first-order valence-electron chi connectivity index (χ1n) is 27.0. The number of allylic oxidation sites excluding steroid dienone is 1. The normalized spacial score (nSPS) is 24.3. The van der Waals surface area contributed by atoms with Crippen LogP contribution in [-0.2, 0) is 23.8 Å². The highest BCUT2D eigenvalue weighted by Gasteiger charge is 2.65. The first-order valence-corrected chi connectivity index (χ1v) is 27.0. The van der Waals surface area contributed by atoms with Gasteiger partial charge in [0.1, 0.15) is 23.3 Å². The third-order valence-corrected chi connectivity index (χ3v) is 14.8. The molecule has 1 saturated carbocycles. The van der Waals surface area contributed by atoms with Crippen molar-refractivity contribution in [3.05, 3.63) is 77.4 Å². The monoisotopic (exact) mass is 975 g/mol. The zero-order valence-electron chi connectivity index (χ0n) is 42.8. The number of nitrogens with zero attached hydrogens (tertiary/aromatic N) is 2. The van der Waals surface area contributed by atoms with Crippen LogP contribution in [0.4, 0.5) is 4.79 Å². The second-order valence-electron chi connectivity index (χ2n) is 19.8. The molecule has 7 atom stereocenters. The molecule has 3 N–H and O–H groups in total. The predicted molar refractivity (Wildman–Crippen MR) is 273 cm³/mol. The van der Waals surface area contributed by atoms with Gasteiger partial charge in [-0.3, -0.25) is 4.90 Å². The molecule has 2 aliphatic heterocycles. The number of carbonyl (C=O) groups excluding carboxylic acids is 1. The zero-order chi connectivity index (χ0) is 49.6. The summed E-state index contributed by atoms with van der Waals surface area (Å²) < 4.78 is 39.3. The van der Waals surface area contributed by atoms with Gasteiger partial charge in [-0.25, -0.2) is 4.79 Å². The highest BCUT2D eigenvalue weighted by Crippen LogP contribution is 2.62. The second-order valence-corrected chi connectivity index (χ2v) is 19.8. The van der Waals surface area contributed by atoms with Crippen molar-refractivity contribution >= 4 is 11.8 Å². The topological polar surface area (TPSA) is 158 Å². The van der Waals surface area contributed by atoms with Crippen molar-refractivity contribution in [2.24, 2.45) is 22.9 Å². The van der Waals surface area contributed by atoms with E-state index in [1.54, 1.807) is 11.0 Å². The van der Waals surface area contributed by atoms with Gasteiger partial charge in [0.05, 0.1) is 51.3 Å². The van der Waals surface area contributed by atoms with E-state index in [1.165, 1.54) is 50.5 Å². The number of oxime groups is 1. The molecule has 6 rings (SSSR count). The summed E-state index contributed by atoms with van der Waals surface area (Å²) in [4.78, 5) is 22.9. The van der Waals surface area contributed by atoms with Crippen LogP contribution in [0.2, 0.25) is 0 Å². The van der Waals surface area contributed by atoms with Crippen LogP contribution in [0.3, 0.4) is 0 Å². The van der Waals surface area contributed by atoms with E-state index in [1.807, 2.05) is 18.2 Å². The molecule has 1 saturated heterocycles. The van der Waals surface area contributed by atoms with Crippen molar-refractivity contribution in [1.82, 2.24) is 4.90 Å². The summed E-state index contributed by atoms with van der Waals surface area (Å²) in [6, 6.07) is 11.3. The maximum Gasteiger partial charge on any atom is 0.410 e. The van der Waals surface area contributed by atoms with Crippen molar-refractivity contribution in [3.63, 3.8) is 0 Å². The molecule has 4 aliphatic rings. The van der Waals surface area contributed by atoms with E-state index < -0.39 is 30.1 Å². The van der Waals surface area contributed by atoms with Crippen LogP contribution in [0.15, 0.2) is 65.9 Å². The van der Waals surface area contributed by atoms with Crippen LogP contribution in [0, 0.1) is 31.6 Å². The van der Waals surface area contributed by atoms with Gasteiger partial charge in [0, 0.05) is 44.1 Å². The Morgan fingerprint density at radius 2 is 1.57 bits per heavy atom. The van der Waals surface area contributed by atoms with Crippen LogP contribution >= 0.6 is 0 Å². The largest absolute Gasteiger partial charge is 0.459 e. The van der Waals surface area contributed by atoms with Gasteiger partial charge in [-0.1, -0.05) is 101 Å². The average molecular weight is 975 g/mol. The van der Waals surface area contributed by atoms with E-state index in [-0.39, 0.29) is 77.0 Å². The van der Waals surface area contributed by atoms with E-state index in [9.17, 15) is 20.1 Å². The Labute approximate surface area is 418 Å². The number of benzene rings is 2. The lowest BCUT2D eigenvalue weighted by Gasteiger charge is -2.59. The first kappa shape index (κ1) is 55.3. The molecule has 2 fully saturated rings. The van der Waals surface area contributed by atoms with Gasteiger partial charge in [-0.2, -0.15) is 0 Å². The maximum atomic E-state index is 14.9. The summed E-state index contributed by atoms with van der Waals surface area (Å²) in [5.41, 5.74) is 4.91. The van der Waals surface area contributed by atoms with Crippen molar-refractivity contribution in [1.29, 1.82) is 0 Å². The molecule has 13 nitrogen and oxygen atoms in total. The van der Waals surface area contributed by atoms with Crippen LogP contribution in [-0.4, -0.2) is 110 Å². The molecule has 0 bridgehead atoms. The molecule has 390 valence electrons. The van der Waals surface area contributed by atoms with Crippen molar-refractivity contribution in [2.45, 2.75) is 173 Å². The lowest BCUT2D eigenvalue weighted by Crippen LogP contribution is -2.70. The van der Waals surface area contributed by atoms with E-state index in [0.29, 0.717) is 43.1 Å². The number of hydrogen-bond donors (Lipinski definition) is 3. The highest BCUT2D eigenvalue weighted by atomic mass is 16.8. The third kappa shape index (κ3) is 15.0. The Morgan fingerprint density at radius 1 is 0.843 bits per heavy atom. The fourth-order valence-electron chi connectivity index (χ4n) is 11.1. The minimum Gasteiger partial charge on any atom is -0.459 e.